The van der Waals surface area contributed by atoms with Crippen molar-refractivity contribution in [2.75, 3.05) is 11.4 Å². The zero-order valence-corrected chi connectivity index (χ0v) is 19.7. The van der Waals surface area contributed by atoms with Gasteiger partial charge in [-0.3, -0.25) is 14.5 Å². The lowest BCUT2D eigenvalue weighted by Gasteiger charge is -2.21. The van der Waals surface area contributed by atoms with Crippen molar-refractivity contribution in [1.29, 1.82) is 0 Å². The van der Waals surface area contributed by atoms with Crippen molar-refractivity contribution in [2.24, 2.45) is 0 Å². The number of anilines is 2. The van der Waals surface area contributed by atoms with Crippen LogP contribution >= 0.6 is 22.7 Å². The average molecular weight is 475 g/mol. The number of benzene rings is 2. The maximum absolute atomic E-state index is 13.0. The predicted molar refractivity (Wildman–Crippen MR) is 134 cm³/mol. The van der Waals surface area contributed by atoms with Gasteiger partial charge in [0, 0.05) is 24.9 Å². The molecule has 4 aromatic rings. The molecule has 1 atom stereocenters. The second-order valence-electron chi connectivity index (χ2n) is 7.79. The fraction of sp³-hybridized carbons (Fsp3) is 0.200. The molecule has 8 heteroatoms. The van der Waals surface area contributed by atoms with Crippen LogP contribution in [0.5, 0.6) is 0 Å². The quantitative estimate of drug-likeness (QED) is 0.342. The third-order valence-electron chi connectivity index (χ3n) is 5.56. The minimum Gasteiger partial charge on any atom is -0.330 e. The Morgan fingerprint density at radius 3 is 2.67 bits per heavy atom. The summed E-state index contributed by atoms with van der Waals surface area (Å²) < 4.78 is 1.14. The van der Waals surface area contributed by atoms with Crippen molar-refractivity contribution < 1.29 is 9.59 Å². The largest absolute Gasteiger partial charge is 0.330 e. The molecule has 5 rings (SSSR count). The van der Waals surface area contributed by atoms with E-state index in [1.807, 2.05) is 58.8 Å². The van der Waals surface area contributed by atoms with Crippen LogP contribution in [0.1, 0.15) is 36.5 Å². The predicted octanol–water partition coefficient (Wildman–Crippen LogP) is 5.81. The molecule has 2 aromatic carbocycles. The molecule has 0 saturated carbocycles. The van der Waals surface area contributed by atoms with Crippen molar-refractivity contribution in [3.05, 3.63) is 76.8 Å². The summed E-state index contributed by atoms with van der Waals surface area (Å²) in [6, 6.07) is 17.5. The monoisotopic (exact) mass is 474 g/mol. The van der Waals surface area contributed by atoms with Crippen LogP contribution in [-0.2, 0) is 9.59 Å². The van der Waals surface area contributed by atoms with Gasteiger partial charge < -0.3 is 4.90 Å². The fourth-order valence-electron chi connectivity index (χ4n) is 4.03. The second kappa shape index (κ2) is 9.25. The van der Waals surface area contributed by atoms with E-state index in [2.05, 4.69) is 11.1 Å². The maximum atomic E-state index is 13.0. The van der Waals surface area contributed by atoms with E-state index >= 15 is 0 Å². The molecule has 0 aliphatic carbocycles. The van der Waals surface area contributed by atoms with Crippen LogP contribution in [0.3, 0.4) is 0 Å². The third kappa shape index (κ3) is 4.44. The van der Waals surface area contributed by atoms with E-state index in [0.29, 0.717) is 10.8 Å². The Balaban J connectivity index is 1.32. The van der Waals surface area contributed by atoms with E-state index in [4.69, 9.17) is 4.98 Å². The van der Waals surface area contributed by atoms with Gasteiger partial charge in [-0.05, 0) is 43.2 Å². The van der Waals surface area contributed by atoms with Gasteiger partial charge in [0.05, 0.1) is 27.6 Å². The minimum absolute atomic E-state index is 0.0110. The van der Waals surface area contributed by atoms with Crippen molar-refractivity contribution in [2.45, 2.75) is 25.8 Å². The molecule has 1 aliphatic rings. The van der Waals surface area contributed by atoms with Gasteiger partial charge >= 0.3 is 0 Å². The first-order valence-corrected chi connectivity index (χ1v) is 12.5. The molecule has 1 unspecified atom stereocenters. The number of carbonyl (C=O) groups excluding carboxylic acids is 2. The van der Waals surface area contributed by atoms with Gasteiger partial charge in [0.25, 0.3) is 0 Å². The molecular formula is C25H22N4O2S2. The highest BCUT2D eigenvalue weighted by Crippen LogP contribution is 2.36. The zero-order chi connectivity index (χ0) is 22.8. The second-order valence-corrected chi connectivity index (χ2v) is 9.69. The van der Waals surface area contributed by atoms with Crippen LogP contribution in [0.25, 0.3) is 16.3 Å². The van der Waals surface area contributed by atoms with Crippen molar-refractivity contribution in [3.63, 3.8) is 0 Å². The van der Waals surface area contributed by atoms with Crippen LogP contribution in [0.15, 0.2) is 66.1 Å². The van der Waals surface area contributed by atoms with E-state index in [9.17, 15) is 9.59 Å². The average Bonchev–Trinajstić information content (AvgIpc) is 3.57. The summed E-state index contributed by atoms with van der Waals surface area (Å²) in [5.74, 6) is -0.157. The molecule has 0 bridgehead atoms. The summed E-state index contributed by atoms with van der Waals surface area (Å²) in [4.78, 5) is 38.1. The van der Waals surface area contributed by atoms with Crippen molar-refractivity contribution in [1.82, 2.24) is 14.9 Å². The molecule has 0 radical (unpaired) electrons. The number of aromatic nitrogens is 2. The Hall–Kier alpha value is -3.36. The lowest BCUT2D eigenvalue weighted by atomic mass is 10.2. The van der Waals surface area contributed by atoms with Gasteiger partial charge in [-0.15, -0.1) is 22.7 Å². The Bertz CT molecular complexity index is 1300. The van der Waals surface area contributed by atoms with Crippen LogP contribution in [0.4, 0.5) is 10.8 Å². The molecule has 166 valence electrons. The number of amides is 2. The number of para-hydroxylation sites is 2. The van der Waals surface area contributed by atoms with E-state index in [-0.39, 0.29) is 17.9 Å². The van der Waals surface area contributed by atoms with Crippen molar-refractivity contribution in [3.8, 4) is 0 Å². The summed E-state index contributed by atoms with van der Waals surface area (Å²) in [6.45, 7) is 2.24. The smallest absolute Gasteiger partial charge is 0.247 e. The number of rotatable bonds is 5. The normalized spacial score (nSPS) is 16.0. The van der Waals surface area contributed by atoms with E-state index in [1.54, 1.807) is 28.4 Å². The van der Waals surface area contributed by atoms with Gasteiger partial charge in [-0.25, -0.2) is 9.97 Å². The number of likely N-dealkylation sites (tertiary alicyclic amines) is 1. The molecule has 0 N–H and O–H groups in total. The number of thiazole rings is 2. The van der Waals surface area contributed by atoms with Gasteiger partial charge in [0.1, 0.15) is 5.01 Å². The topological polar surface area (TPSA) is 66.4 Å². The van der Waals surface area contributed by atoms with E-state index in [1.165, 1.54) is 18.3 Å². The summed E-state index contributed by atoms with van der Waals surface area (Å²) in [6.07, 6.45) is 5.18. The van der Waals surface area contributed by atoms with Crippen LogP contribution < -0.4 is 4.90 Å². The number of hydrogen-bond acceptors (Lipinski definition) is 6. The van der Waals surface area contributed by atoms with Crippen molar-refractivity contribution >= 4 is 61.6 Å². The molecule has 1 fully saturated rings. The first-order chi connectivity index (χ1) is 16.1. The molecule has 1 aliphatic heterocycles. The molecule has 3 heterocycles. The van der Waals surface area contributed by atoms with Crippen LogP contribution in [0, 0.1) is 0 Å². The Kier molecular flexibility index (Phi) is 6.02. The van der Waals surface area contributed by atoms with E-state index < -0.39 is 0 Å². The summed E-state index contributed by atoms with van der Waals surface area (Å²) in [7, 11) is 0. The first kappa shape index (κ1) is 21.5. The number of hydrogen-bond donors (Lipinski definition) is 0. The Morgan fingerprint density at radius 1 is 1.09 bits per heavy atom. The fourth-order valence-corrected chi connectivity index (χ4v) is 6.00. The molecule has 6 nitrogen and oxygen atoms in total. The maximum Gasteiger partial charge on any atom is 0.247 e. The molecular weight excluding hydrogens is 452 g/mol. The van der Waals surface area contributed by atoms with Crippen LogP contribution in [0.2, 0.25) is 0 Å². The van der Waals surface area contributed by atoms with Gasteiger partial charge in [0.15, 0.2) is 5.13 Å². The molecule has 2 aromatic heterocycles. The first-order valence-electron chi connectivity index (χ1n) is 10.8. The number of carbonyl (C=O) groups is 2. The SMILES string of the molecule is CC(=O)N(c1ccccc1)c1nc(/C=C/C(=O)N2CCCC2c2nc3ccccc3s2)cs1. The zero-order valence-electron chi connectivity index (χ0n) is 18.0. The lowest BCUT2D eigenvalue weighted by Crippen LogP contribution is -2.28. The van der Waals surface area contributed by atoms with E-state index in [0.717, 1.165) is 40.3 Å². The van der Waals surface area contributed by atoms with Crippen LogP contribution in [-0.4, -0.2) is 33.2 Å². The minimum atomic E-state index is -0.113. The summed E-state index contributed by atoms with van der Waals surface area (Å²) >= 11 is 3.03. The molecule has 2 amide bonds. The summed E-state index contributed by atoms with van der Waals surface area (Å²) in [5, 5.41) is 3.42. The van der Waals surface area contributed by atoms with Gasteiger partial charge in [-0.2, -0.15) is 0 Å². The Labute approximate surface area is 199 Å². The molecule has 0 spiro atoms. The van der Waals surface area contributed by atoms with Gasteiger partial charge in [-0.1, -0.05) is 30.3 Å². The highest BCUT2D eigenvalue weighted by atomic mass is 32.1. The molecule has 1 saturated heterocycles. The Morgan fingerprint density at radius 2 is 1.88 bits per heavy atom. The highest BCUT2D eigenvalue weighted by Gasteiger charge is 2.31. The third-order valence-corrected chi connectivity index (χ3v) is 7.54. The lowest BCUT2D eigenvalue weighted by molar-refractivity contribution is -0.126. The highest BCUT2D eigenvalue weighted by molar-refractivity contribution is 7.18. The molecule has 33 heavy (non-hydrogen) atoms. The number of fused-ring (bicyclic) bond motifs is 1. The standard InChI is InChI=1S/C25H22N4O2S2/c1-17(30)29(19-8-3-2-4-9-19)25-26-18(16-32-25)13-14-23(31)28-15-7-11-21(28)24-27-20-10-5-6-12-22(20)33-24/h2-6,8-10,12-14,16,21H,7,11,15H2,1H3/b14-13+. The van der Waals surface area contributed by atoms with Gasteiger partial charge in [0.2, 0.25) is 11.8 Å². The number of nitrogens with zero attached hydrogens (tertiary/aromatic N) is 4. The summed E-state index contributed by atoms with van der Waals surface area (Å²) in [5.41, 5.74) is 2.40.